The molecule has 2 N–H and O–H groups in total. The van der Waals surface area contributed by atoms with Crippen molar-refractivity contribution < 1.29 is 23.9 Å². The number of ether oxygens (including phenoxy) is 1. The van der Waals surface area contributed by atoms with Gasteiger partial charge in [0.25, 0.3) is 5.91 Å². The number of benzene rings is 2. The number of rotatable bonds is 10. The summed E-state index contributed by atoms with van der Waals surface area (Å²) in [5, 5.41) is 16.5. The van der Waals surface area contributed by atoms with E-state index < -0.39 is 0 Å². The molecule has 0 radical (unpaired) electrons. The van der Waals surface area contributed by atoms with E-state index in [1.54, 1.807) is 27.9 Å². The van der Waals surface area contributed by atoms with Crippen LogP contribution in [0.3, 0.4) is 0 Å². The van der Waals surface area contributed by atoms with Gasteiger partial charge in [0.1, 0.15) is 5.75 Å². The molecule has 2 aromatic carbocycles. The van der Waals surface area contributed by atoms with Crippen molar-refractivity contribution in [2.45, 2.75) is 63.6 Å². The third-order valence-corrected chi connectivity index (χ3v) is 12.1. The van der Waals surface area contributed by atoms with Gasteiger partial charge in [-0.2, -0.15) is 14.7 Å². The van der Waals surface area contributed by atoms with E-state index in [2.05, 4.69) is 48.5 Å². The number of amides is 5. The molecule has 16 heteroatoms. The molecule has 0 spiro atoms. The van der Waals surface area contributed by atoms with Crippen LogP contribution in [0, 0.1) is 5.92 Å². The molecule has 4 aromatic heterocycles. The van der Waals surface area contributed by atoms with Gasteiger partial charge < -0.3 is 19.5 Å². The maximum absolute atomic E-state index is 13.6. The van der Waals surface area contributed by atoms with E-state index in [1.807, 2.05) is 46.1 Å². The lowest BCUT2D eigenvalue weighted by Gasteiger charge is -2.36. The molecule has 4 aliphatic rings. The number of carbonyl (C=O) groups is 4. The number of anilines is 2. The Morgan fingerprint density at radius 1 is 0.931 bits per heavy atom. The van der Waals surface area contributed by atoms with Gasteiger partial charge in [-0.1, -0.05) is 6.07 Å². The van der Waals surface area contributed by atoms with Gasteiger partial charge in [0.05, 0.1) is 47.2 Å². The highest BCUT2D eigenvalue weighted by molar-refractivity contribution is 6.10. The van der Waals surface area contributed by atoms with Gasteiger partial charge in [-0.3, -0.25) is 34.2 Å². The Morgan fingerprint density at radius 3 is 2.59 bits per heavy atom. The molecule has 6 aromatic rings. The second-order valence-corrected chi connectivity index (χ2v) is 16.0. The van der Waals surface area contributed by atoms with Gasteiger partial charge in [0, 0.05) is 68.0 Å². The third kappa shape index (κ3) is 7.12. The van der Waals surface area contributed by atoms with E-state index in [-0.39, 0.29) is 35.9 Å². The Labute approximate surface area is 333 Å². The van der Waals surface area contributed by atoms with E-state index in [4.69, 9.17) is 9.84 Å². The summed E-state index contributed by atoms with van der Waals surface area (Å²) < 4.78 is 12.1. The highest BCUT2D eigenvalue weighted by Gasteiger charge is 2.31. The summed E-state index contributed by atoms with van der Waals surface area (Å²) in [4.78, 5) is 61.6. The number of carbonyl (C=O) groups excluding carboxylic acids is 4. The van der Waals surface area contributed by atoms with Crippen LogP contribution in [0.4, 0.5) is 16.3 Å². The molecule has 3 aliphatic heterocycles. The summed E-state index contributed by atoms with van der Waals surface area (Å²) in [6, 6.07) is 15.2. The van der Waals surface area contributed by atoms with Gasteiger partial charge in [-0.05, 0) is 93.9 Å². The second-order valence-electron chi connectivity index (χ2n) is 16.0. The highest BCUT2D eigenvalue weighted by Crippen LogP contribution is 2.35. The maximum atomic E-state index is 13.6. The number of urea groups is 1. The van der Waals surface area contributed by atoms with Crippen molar-refractivity contribution in [2.24, 2.45) is 5.92 Å². The molecule has 5 amide bonds. The van der Waals surface area contributed by atoms with Crippen LogP contribution < -0.4 is 20.3 Å². The molecule has 0 unspecified atom stereocenters. The van der Waals surface area contributed by atoms with E-state index in [9.17, 15) is 19.2 Å². The average Bonchev–Trinajstić information content (AvgIpc) is 3.60. The largest absolute Gasteiger partial charge is 0.490 e. The molecule has 16 nitrogen and oxygen atoms in total. The number of hydrogen-bond donors (Lipinski definition) is 2. The summed E-state index contributed by atoms with van der Waals surface area (Å²) in [5.74, 6) is 1.11. The molecule has 1 saturated carbocycles. The quantitative estimate of drug-likeness (QED) is 0.198. The first-order valence-electron chi connectivity index (χ1n) is 20.3. The van der Waals surface area contributed by atoms with E-state index >= 15 is 0 Å². The average molecular weight is 784 g/mol. The highest BCUT2D eigenvalue weighted by atomic mass is 16.5. The fraction of sp³-hybridized carbons (Fsp3) is 0.405. The first-order valence-corrected chi connectivity index (χ1v) is 20.3. The second kappa shape index (κ2) is 14.9. The predicted octanol–water partition coefficient (Wildman–Crippen LogP) is 4.85. The molecule has 7 heterocycles. The first kappa shape index (κ1) is 36.1. The van der Waals surface area contributed by atoms with Gasteiger partial charge in [0.15, 0.2) is 11.5 Å². The maximum Gasteiger partial charge on any atom is 0.328 e. The topological polar surface area (TPSA) is 164 Å². The molecule has 10 rings (SSSR count). The molecular weight excluding hydrogens is 739 g/mol. The lowest BCUT2D eigenvalue weighted by atomic mass is 9.96. The van der Waals surface area contributed by atoms with Crippen molar-refractivity contribution >= 4 is 62.7 Å². The molecule has 298 valence electrons. The minimum absolute atomic E-state index is 0.102. The number of imidazole rings is 1. The Hall–Kier alpha value is -6.29. The van der Waals surface area contributed by atoms with E-state index in [0.29, 0.717) is 61.3 Å². The van der Waals surface area contributed by atoms with Gasteiger partial charge in [-0.25, -0.2) is 9.78 Å². The van der Waals surface area contributed by atoms with Gasteiger partial charge in [0.2, 0.25) is 11.8 Å². The Kier molecular flexibility index (Phi) is 9.27. The fourth-order valence-corrected chi connectivity index (χ4v) is 8.67. The summed E-state index contributed by atoms with van der Waals surface area (Å²) in [5.41, 5.74) is 3.74. The molecule has 4 fully saturated rings. The zero-order valence-corrected chi connectivity index (χ0v) is 32.1. The molecule has 58 heavy (non-hydrogen) atoms. The van der Waals surface area contributed by atoms with Crippen molar-refractivity contribution in [3.8, 4) is 5.75 Å². The number of fused-ring (bicyclic) bond motifs is 3. The number of aromatic nitrogens is 6. The van der Waals surface area contributed by atoms with Crippen LogP contribution in [0.25, 0.3) is 27.5 Å². The minimum atomic E-state index is -0.375. The van der Waals surface area contributed by atoms with Crippen LogP contribution in [0.15, 0.2) is 73.3 Å². The monoisotopic (exact) mass is 783 g/mol. The molecule has 3 saturated heterocycles. The van der Waals surface area contributed by atoms with Crippen LogP contribution in [-0.4, -0.2) is 108 Å². The number of nitrogens with one attached hydrogen (secondary N) is 2. The first-order chi connectivity index (χ1) is 28.3. The smallest absolute Gasteiger partial charge is 0.328 e. The van der Waals surface area contributed by atoms with E-state index in [0.717, 1.165) is 85.7 Å². The summed E-state index contributed by atoms with van der Waals surface area (Å²) >= 11 is 0. The van der Waals surface area contributed by atoms with Crippen LogP contribution >= 0.6 is 0 Å². The van der Waals surface area contributed by atoms with Crippen LogP contribution in [0.2, 0.25) is 0 Å². The molecule has 1 aliphatic carbocycles. The molecule has 0 atom stereocenters. The van der Waals surface area contributed by atoms with Crippen molar-refractivity contribution in [1.82, 2.24) is 44.1 Å². The number of likely N-dealkylation sites (tertiary alicyclic amines) is 2. The number of imide groups is 1. The normalized spacial score (nSPS) is 18.7. The van der Waals surface area contributed by atoms with Crippen molar-refractivity contribution in [1.29, 1.82) is 0 Å². The van der Waals surface area contributed by atoms with Crippen LogP contribution in [-0.2, 0) is 16.1 Å². The number of hydrogen-bond acceptors (Lipinski definition) is 9. The lowest BCUT2D eigenvalue weighted by molar-refractivity contribution is -0.134. The zero-order chi connectivity index (χ0) is 39.3. The van der Waals surface area contributed by atoms with Crippen molar-refractivity contribution in [2.75, 3.05) is 49.5 Å². The van der Waals surface area contributed by atoms with Gasteiger partial charge >= 0.3 is 6.03 Å². The summed E-state index contributed by atoms with van der Waals surface area (Å²) in [6.45, 7) is 4.77. The van der Waals surface area contributed by atoms with Crippen LogP contribution in [0.5, 0.6) is 5.75 Å². The Morgan fingerprint density at radius 2 is 1.78 bits per heavy atom. The molecule has 0 bridgehead atoms. The van der Waals surface area contributed by atoms with Gasteiger partial charge in [-0.15, -0.1) is 0 Å². The van der Waals surface area contributed by atoms with Crippen molar-refractivity contribution in [3.05, 3.63) is 78.9 Å². The summed E-state index contributed by atoms with van der Waals surface area (Å²) in [6.07, 6.45) is 13.3. The van der Waals surface area contributed by atoms with Crippen LogP contribution in [0.1, 0.15) is 61.3 Å². The Bertz CT molecular complexity index is 2560. The zero-order valence-electron chi connectivity index (χ0n) is 32.1. The SMILES string of the molecule is O=C1CCN(c2cccc3c2ccn3CC2CCN(CC(=O)N3CCC(n4cc5cc(C(=O)Nc6cnc7cccnn67)c(OC6CC6)cc5n4)CC3)CC2)C(=O)N1. The number of piperidine rings is 2. The summed E-state index contributed by atoms with van der Waals surface area (Å²) in [7, 11) is 0. The van der Waals surface area contributed by atoms with Crippen molar-refractivity contribution in [3.63, 3.8) is 0 Å². The van der Waals surface area contributed by atoms with E-state index in [1.165, 1.54) is 0 Å². The third-order valence-electron chi connectivity index (χ3n) is 12.1. The fourth-order valence-electron chi connectivity index (χ4n) is 8.67. The minimum Gasteiger partial charge on any atom is -0.490 e. The standard InChI is InChI=1S/C42H45N11O5/c54-39-13-20-51(42(57)46-39)35-4-1-3-34-31(35)12-19-50(34)24-27-8-15-48(16-9-27)26-40(55)49-17-10-29(11-18-49)52-25-28-21-32(36(22-33(28)47-52)58-30-6-7-30)41(56)45-38-23-43-37-5-2-14-44-53(37)38/h1-5,12,14,19,21-23,25,27,29-30H,6-11,13,15-18,20,24,26H2,(H,45,56)(H,46,54,57). The molecular formula is C42H45N11O5. The lowest BCUT2D eigenvalue weighted by Crippen LogP contribution is -2.49. The number of nitrogens with zero attached hydrogens (tertiary/aromatic N) is 9. The Balaban J connectivity index is 0.733. The predicted molar refractivity (Wildman–Crippen MR) is 216 cm³/mol.